The Kier molecular flexibility index (Phi) is 3.57. The molecule has 0 radical (unpaired) electrons. The fraction of sp³-hybridized carbons (Fsp3) is 0.158. The molecule has 7 heteroatoms. The number of hydrogen-bond donors (Lipinski definition) is 1. The third-order valence-corrected chi connectivity index (χ3v) is 4.56. The van der Waals surface area contributed by atoms with Crippen molar-refractivity contribution in [1.29, 1.82) is 0 Å². The molecule has 4 aromatic heterocycles. The molecule has 1 atom stereocenters. The van der Waals surface area contributed by atoms with Crippen LogP contribution < -0.4 is 10.2 Å². The summed E-state index contributed by atoms with van der Waals surface area (Å²) in [5.41, 5.74) is 3.54. The largest absolute Gasteiger partial charge is 0.334 e. The van der Waals surface area contributed by atoms with E-state index in [4.69, 9.17) is 4.98 Å². The summed E-state index contributed by atoms with van der Waals surface area (Å²) < 4.78 is 1.76. The molecule has 128 valence electrons. The Balaban J connectivity index is 1.54. The minimum atomic E-state index is 0.0239. The van der Waals surface area contributed by atoms with Crippen LogP contribution in [0.5, 0.6) is 0 Å². The summed E-state index contributed by atoms with van der Waals surface area (Å²) in [6.07, 6.45) is 3.73. The molecule has 1 N–H and O–H groups in total. The summed E-state index contributed by atoms with van der Waals surface area (Å²) in [5.74, 6) is 0.903. The standard InChI is InChI=1S/C19H17N7/c1-3-10-20-15(6-1)19-21-11-13-25(19)17-9-5-7-14(22-17)18-16-8-2-4-12-26(16)24-23-18/h1-10,12,19,21H,11,13H2. The minimum absolute atomic E-state index is 0.0239. The second-order valence-electron chi connectivity index (χ2n) is 6.15. The number of aromatic nitrogens is 5. The zero-order chi connectivity index (χ0) is 17.3. The normalized spacial score (nSPS) is 17.1. The van der Waals surface area contributed by atoms with E-state index >= 15 is 0 Å². The molecule has 0 spiro atoms. The molecule has 5 heterocycles. The third kappa shape index (κ3) is 2.49. The Bertz CT molecular complexity index is 1040. The van der Waals surface area contributed by atoms with Gasteiger partial charge in [0.05, 0.1) is 16.9 Å². The van der Waals surface area contributed by atoms with Gasteiger partial charge in [0.1, 0.15) is 17.7 Å². The van der Waals surface area contributed by atoms with Crippen molar-refractivity contribution in [3.8, 4) is 11.4 Å². The summed E-state index contributed by atoms with van der Waals surface area (Å²) >= 11 is 0. The van der Waals surface area contributed by atoms with Crippen LogP contribution in [0.3, 0.4) is 0 Å². The zero-order valence-corrected chi connectivity index (χ0v) is 14.0. The van der Waals surface area contributed by atoms with Crippen LogP contribution in [0.4, 0.5) is 5.82 Å². The molecule has 0 amide bonds. The van der Waals surface area contributed by atoms with Gasteiger partial charge >= 0.3 is 0 Å². The maximum atomic E-state index is 4.87. The molecule has 5 rings (SSSR count). The quantitative estimate of drug-likeness (QED) is 0.615. The average Bonchev–Trinajstić information content (AvgIpc) is 3.36. The second kappa shape index (κ2) is 6.20. The van der Waals surface area contributed by atoms with Gasteiger partial charge in [0.15, 0.2) is 0 Å². The molecule has 0 aliphatic carbocycles. The number of nitrogens with one attached hydrogen (secondary N) is 1. The van der Waals surface area contributed by atoms with E-state index in [1.165, 1.54) is 0 Å². The number of pyridine rings is 3. The van der Waals surface area contributed by atoms with Crippen LogP contribution in [0.1, 0.15) is 11.9 Å². The van der Waals surface area contributed by atoms with Gasteiger partial charge in [-0.15, -0.1) is 5.10 Å². The highest BCUT2D eigenvalue weighted by molar-refractivity contribution is 5.74. The smallest absolute Gasteiger partial charge is 0.139 e. The van der Waals surface area contributed by atoms with Crippen molar-refractivity contribution < 1.29 is 0 Å². The van der Waals surface area contributed by atoms with Crippen LogP contribution in [-0.2, 0) is 0 Å². The first-order valence-corrected chi connectivity index (χ1v) is 8.58. The molecular formula is C19H17N7. The average molecular weight is 343 g/mol. The highest BCUT2D eigenvalue weighted by Crippen LogP contribution is 2.28. The van der Waals surface area contributed by atoms with Gasteiger partial charge in [0.25, 0.3) is 0 Å². The van der Waals surface area contributed by atoms with Crippen molar-refractivity contribution in [1.82, 2.24) is 30.1 Å². The minimum Gasteiger partial charge on any atom is -0.334 e. The van der Waals surface area contributed by atoms with Crippen molar-refractivity contribution in [2.45, 2.75) is 6.17 Å². The molecule has 1 aliphatic rings. The van der Waals surface area contributed by atoms with Crippen molar-refractivity contribution in [2.24, 2.45) is 0 Å². The van der Waals surface area contributed by atoms with Crippen molar-refractivity contribution in [3.63, 3.8) is 0 Å². The first kappa shape index (κ1) is 15.0. The SMILES string of the molecule is c1ccc(C2NCCN2c2cccc(-c3nnn4ccccc34)n2)nc1. The predicted molar refractivity (Wildman–Crippen MR) is 98.5 cm³/mol. The Morgan fingerprint density at radius 1 is 1.00 bits per heavy atom. The zero-order valence-electron chi connectivity index (χ0n) is 14.0. The van der Waals surface area contributed by atoms with Gasteiger partial charge < -0.3 is 4.90 Å². The topological polar surface area (TPSA) is 71.2 Å². The maximum Gasteiger partial charge on any atom is 0.139 e. The summed E-state index contributed by atoms with van der Waals surface area (Å²) in [6.45, 7) is 1.77. The van der Waals surface area contributed by atoms with Gasteiger partial charge in [-0.05, 0) is 36.4 Å². The second-order valence-corrected chi connectivity index (χ2v) is 6.15. The lowest BCUT2D eigenvalue weighted by Gasteiger charge is -2.25. The van der Waals surface area contributed by atoms with E-state index in [9.17, 15) is 0 Å². The summed E-state index contributed by atoms with van der Waals surface area (Å²) in [5, 5.41) is 12.0. The number of anilines is 1. The van der Waals surface area contributed by atoms with Crippen molar-refractivity contribution in [2.75, 3.05) is 18.0 Å². The van der Waals surface area contributed by atoms with E-state index < -0.39 is 0 Å². The molecule has 0 bridgehead atoms. The molecule has 1 fully saturated rings. The molecule has 1 saturated heterocycles. The van der Waals surface area contributed by atoms with Gasteiger partial charge in [-0.25, -0.2) is 9.50 Å². The molecule has 0 saturated carbocycles. The van der Waals surface area contributed by atoms with Gasteiger partial charge in [-0.1, -0.05) is 23.4 Å². The monoisotopic (exact) mass is 343 g/mol. The van der Waals surface area contributed by atoms with Gasteiger partial charge in [0.2, 0.25) is 0 Å². The van der Waals surface area contributed by atoms with E-state index in [0.717, 1.165) is 41.5 Å². The van der Waals surface area contributed by atoms with Crippen LogP contribution >= 0.6 is 0 Å². The van der Waals surface area contributed by atoms with Crippen LogP contribution in [-0.4, -0.2) is 37.9 Å². The predicted octanol–water partition coefficient (Wildman–Crippen LogP) is 2.29. The summed E-state index contributed by atoms with van der Waals surface area (Å²) in [7, 11) is 0. The molecule has 7 nitrogen and oxygen atoms in total. The Morgan fingerprint density at radius 3 is 2.88 bits per heavy atom. The third-order valence-electron chi connectivity index (χ3n) is 4.56. The van der Waals surface area contributed by atoms with E-state index in [1.54, 1.807) is 4.52 Å². The van der Waals surface area contributed by atoms with Gasteiger partial charge in [-0.3, -0.25) is 10.3 Å². The lowest BCUT2D eigenvalue weighted by molar-refractivity contribution is 0.621. The first-order chi connectivity index (χ1) is 12.9. The molecule has 1 aliphatic heterocycles. The van der Waals surface area contributed by atoms with Crippen LogP contribution in [0, 0.1) is 0 Å². The molecular weight excluding hydrogens is 326 g/mol. The number of nitrogens with zero attached hydrogens (tertiary/aromatic N) is 6. The lowest BCUT2D eigenvalue weighted by Crippen LogP contribution is -2.28. The summed E-state index contributed by atoms with van der Waals surface area (Å²) in [4.78, 5) is 11.6. The first-order valence-electron chi connectivity index (χ1n) is 8.58. The highest BCUT2D eigenvalue weighted by atomic mass is 15.4. The van der Waals surface area contributed by atoms with Crippen LogP contribution in [0.25, 0.3) is 16.9 Å². The molecule has 1 unspecified atom stereocenters. The Hall–Kier alpha value is -3.32. The van der Waals surface area contributed by atoms with E-state index in [2.05, 4.69) is 25.5 Å². The highest BCUT2D eigenvalue weighted by Gasteiger charge is 2.27. The molecule has 26 heavy (non-hydrogen) atoms. The molecule has 0 aromatic carbocycles. The van der Waals surface area contributed by atoms with E-state index in [0.29, 0.717) is 0 Å². The lowest BCUT2D eigenvalue weighted by atomic mass is 10.2. The van der Waals surface area contributed by atoms with Gasteiger partial charge in [-0.2, -0.15) is 0 Å². The maximum absolute atomic E-state index is 4.87. The fourth-order valence-electron chi connectivity index (χ4n) is 3.35. The van der Waals surface area contributed by atoms with E-state index in [1.807, 2.05) is 67.0 Å². The van der Waals surface area contributed by atoms with Crippen LogP contribution in [0.2, 0.25) is 0 Å². The van der Waals surface area contributed by atoms with Gasteiger partial charge in [0, 0.05) is 25.5 Å². The van der Waals surface area contributed by atoms with Crippen molar-refractivity contribution in [3.05, 3.63) is 72.7 Å². The number of rotatable bonds is 3. The fourth-order valence-corrected chi connectivity index (χ4v) is 3.35. The number of hydrogen-bond acceptors (Lipinski definition) is 6. The Labute approximate surface area is 150 Å². The van der Waals surface area contributed by atoms with Crippen molar-refractivity contribution >= 4 is 11.3 Å². The summed E-state index contributed by atoms with van der Waals surface area (Å²) in [6, 6.07) is 17.9. The number of fused-ring (bicyclic) bond motifs is 1. The van der Waals surface area contributed by atoms with E-state index in [-0.39, 0.29) is 6.17 Å². The molecule has 4 aromatic rings. The Morgan fingerprint density at radius 2 is 1.96 bits per heavy atom. The van der Waals surface area contributed by atoms with Crippen LogP contribution in [0.15, 0.2) is 67.0 Å².